The van der Waals surface area contributed by atoms with Crippen LogP contribution < -0.4 is 0 Å². The summed E-state index contributed by atoms with van der Waals surface area (Å²) in [6.07, 6.45) is 1.43. The van der Waals surface area contributed by atoms with Crippen molar-refractivity contribution in [1.29, 1.82) is 0 Å². The van der Waals surface area contributed by atoms with Crippen LogP contribution in [0.4, 0.5) is 0 Å². The molecule has 0 bridgehead atoms. The average Bonchev–Trinajstić information content (AvgIpc) is 2.33. The maximum atomic E-state index is 10.8. The summed E-state index contributed by atoms with van der Waals surface area (Å²) >= 11 is 12.0. The highest BCUT2D eigenvalue weighted by Gasteiger charge is 2.10. The number of rotatable bonds is 2. The van der Waals surface area contributed by atoms with Gasteiger partial charge in [-0.3, -0.25) is 0 Å². The second-order valence-corrected chi connectivity index (χ2v) is 4.12. The van der Waals surface area contributed by atoms with E-state index in [-0.39, 0.29) is 5.69 Å². The van der Waals surface area contributed by atoms with E-state index in [0.717, 1.165) is 0 Å². The molecule has 0 amide bonds. The maximum Gasteiger partial charge on any atom is 0.354 e. The van der Waals surface area contributed by atoms with Crippen LogP contribution in [-0.2, 0) is 0 Å². The van der Waals surface area contributed by atoms with Gasteiger partial charge in [0.15, 0.2) is 0 Å². The average molecular weight is 268 g/mol. The Balaban J connectivity index is 2.57. The smallest absolute Gasteiger partial charge is 0.354 e. The third kappa shape index (κ3) is 2.40. The summed E-state index contributed by atoms with van der Waals surface area (Å²) in [6.45, 7) is 0. The number of nitrogens with zero attached hydrogens (tertiary/aromatic N) is 1. The third-order valence-corrected chi connectivity index (χ3v) is 3.06. The Hall–Kier alpha value is -1.58. The minimum Gasteiger partial charge on any atom is -0.477 e. The van der Waals surface area contributed by atoms with Gasteiger partial charge in [-0.15, -0.1) is 0 Å². The normalized spacial score (nSPS) is 10.2. The van der Waals surface area contributed by atoms with Crippen molar-refractivity contribution >= 4 is 29.2 Å². The zero-order chi connectivity index (χ0) is 12.4. The lowest BCUT2D eigenvalue weighted by Crippen LogP contribution is -1.99. The molecule has 1 aromatic carbocycles. The lowest BCUT2D eigenvalue weighted by atomic mass is 10.1. The van der Waals surface area contributed by atoms with Crippen molar-refractivity contribution < 1.29 is 9.90 Å². The van der Waals surface area contributed by atoms with Crippen molar-refractivity contribution in [3.63, 3.8) is 0 Å². The van der Waals surface area contributed by atoms with Crippen molar-refractivity contribution in [2.24, 2.45) is 0 Å². The summed E-state index contributed by atoms with van der Waals surface area (Å²) in [5.74, 6) is -1.08. The molecule has 17 heavy (non-hydrogen) atoms. The number of carboxylic acid groups (broad SMARTS) is 1. The van der Waals surface area contributed by atoms with Crippen molar-refractivity contribution in [1.82, 2.24) is 4.98 Å². The van der Waals surface area contributed by atoms with E-state index in [1.54, 1.807) is 24.3 Å². The Bertz CT molecular complexity index is 584. The second kappa shape index (κ2) is 4.73. The molecule has 5 heteroatoms. The van der Waals surface area contributed by atoms with E-state index in [4.69, 9.17) is 28.3 Å². The quantitative estimate of drug-likeness (QED) is 0.902. The van der Waals surface area contributed by atoms with Crippen molar-refractivity contribution in [2.75, 3.05) is 0 Å². The van der Waals surface area contributed by atoms with E-state index in [9.17, 15) is 4.79 Å². The Kier molecular flexibility index (Phi) is 3.31. The lowest BCUT2D eigenvalue weighted by molar-refractivity contribution is 0.0690. The van der Waals surface area contributed by atoms with Gasteiger partial charge in [0.1, 0.15) is 5.69 Å². The molecule has 0 atom stereocenters. The number of hydrogen-bond acceptors (Lipinski definition) is 2. The molecule has 86 valence electrons. The highest BCUT2D eigenvalue weighted by molar-refractivity contribution is 6.43. The zero-order valence-electron chi connectivity index (χ0n) is 8.52. The number of aromatic carboxylic acids is 1. The van der Waals surface area contributed by atoms with Gasteiger partial charge in [0.05, 0.1) is 10.0 Å². The van der Waals surface area contributed by atoms with Gasteiger partial charge < -0.3 is 5.11 Å². The van der Waals surface area contributed by atoms with Gasteiger partial charge >= 0.3 is 5.97 Å². The van der Waals surface area contributed by atoms with Crippen LogP contribution in [-0.4, -0.2) is 16.1 Å². The van der Waals surface area contributed by atoms with Crippen molar-refractivity contribution in [2.45, 2.75) is 0 Å². The van der Waals surface area contributed by atoms with E-state index < -0.39 is 5.97 Å². The number of hydrogen-bond donors (Lipinski definition) is 1. The lowest BCUT2D eigenvalue weighted by Gasteiger charge is -2.06. The van der Waals surface area contributed by atoms with E-state index >= 15 is 0 Å². The number of benzene rings is 1. The van der Waals surface area contributed by atoms with Crippen LogP contribution in [0.5, 0.6) is 0 Å². The molecule has 0 aliphatic carbocycles. The third-order valence-electron chi connectivity index (χ3n) is 2.24. The van der Waals surface area contributed by atoms with E-state index in [2.05, 4.69) is 4.98 Å². The standard InChI is InChI=1S/C12H7Cl2NO2/c13-9-3-1-2-8(11(9)14)7-4-5-15-10(6-7)12(16)17/h1-6H,(H,16,17). The molecular weight excluding hydrogens is 261 g/mol. The number of carbonyl (C=O) groups is 1. The molecule has 0 spiro atoms. The summed E-state index contributed by atoms with van der Waals surface area (Å²) in [7, 11) is 0. The summed E-state index contributed by atoms with van der Waals surface area (Å²) in [5, 5.41) is 9.69. The van der Waals surface area contributed by atoms with Crippen LogP contribution in [0.3, 0.4) is 0 Å². The van der Waals surface area contributed by atoms with E-state index in [0.29, 0.717) is 21.2 Å². The maximum absolute atomic E-state index is 10.8. The Labute approximate surface area is 108 Å². The number of carboxylic acids is 1. The van der Waals surface area contributed by atoms with Gasteiger partial charge in [-0.2, -0.15) is 0 Å². The van der Waals surface area contributed by atoms with Crippen LogP contribution in [0, 0.1) is 0 Å². The molecule has 1 aromatic heterocycles. The molecule has 0 aliphatic heterocycles. The van der Waals surface area contributed by atoms with Crippen LogP contribution in [0.2, 0.25) is 10.0 Å². The zero-order valence-corrected chi connectivity index (χ0v) is 10.0. The molecule has 0 saturated heterocycles. The first-order chi connectivity index (χ1) is 8.09. The molecule has 0 aliphatic rings. The fourth-order valence-electron chi connectivity index (χ4n) is 1.44. The monoisotopic (exact) mass is 267 g/mol. The first-order valence-electron chi connectivity index (χ1n) is 4.73. The summed E-state index contributed by atoms with van der Waals surface area (Å²) < 4.78 is 0. The fraction of sp³-hybridized carbons (Fsp3) is 0. The summed E-state index contributed by atoms with van der Waals surface area (Å²) in [4.78, 5) is 14.6. The minimum absolute atomic E-state index is 0.0291. The molecule has 2 rings (SSSR count). The molecular formula is C12H7Cl2NO2. The summed E-state index contributed by atoms with van der Waals surface area (Å²) in [5.41, 5.74) is 1.33. The number of halogens is 2. The molecule has 0 saturated carbocycles. The number of pyridine rings is 1. The predicted octanol–water partition coefficient (Wildman–Crippen LogP) is 3.75. The molecule has 0 fully saturated rings. The topological polar surface area (TPSA) is 50.2 Å². The van der Waals surface area contributed by atoms with Gasteiger partial charge in [-0.1, -0.05) is 35.3 Å². The van der Waals surface area contributed by atoms with Crippen molar-refractivity contribution in [3.05, 3.63) is 52.3 Å². The highest BCUT2D eigenvalue weighted by Crippen LogP contribution is 2.33. The first kappa shape index (κ1) is 11.9. The largest absolute Gasteiger partial charge is 0.477 e. The predicted molar refractivity (Wildman–Crippen MR) is 66.7 cm³/mol. The Morgan fingerprint density at radius 1 is 1.24 bits per heavy atom. The molecule has 2 aromatic rings. The molecule has 1 N–H and O–H groups in total. The van der Waals surface area contributed by atoms with Gasteiger partial charge in [0.2, 0.25) is 0 Å². The first-order valence-corrected chi connectivity index (χ1v) is 5.49. The molecule has 1 heterocycles. The highest BCUT2D eigenvalue weighted by atomic mass is 35.5. The van der Waals surface area contributed by atoms with Crippen LogP contribution in [0.1, 0.15) is 10.5 Å². The van der Waals surface area contributed by atoms with E-state index in [1.807, 2.05) is 0 Å². The Morgan fingerprint density at radius 3 is 2.71 bits per heavy atom. The number of aromatic nitrogens is 1. The molecule has 0 radical (unpaired) electrons. The SMILES string of the molecule is O=C(O)c1cc(-c2cccc(Cl)c2Cl)ccn1. The van der Waals surface area contributed by atoms with Crippen LogP contribution in [0.25, 0.3) is 11.1 Å². The minimum atomic E-state index is -1.08. The van der Waals surface area contributed by atoms with Gasteiger partial charge in [0.25, 0.3) is 0 Å². The van der Waals surface area contributed by atoms with Crippen LogP contribution >= 0.6 is 23.2 Å². The van der Waals surface area contributed by atoms with Gasteiger partial charge in [-0.25, -0.2) is 9.78 Å². The van der Waals surface area contributed by atoms with Gasteiger partial charge in [0, 0.05) is 11.8 Å². The molecule has 0 unspecified atom stereocenters. The van der Waals surface area contributed by atoms with Crippen molar-refractivity contribution in [3.8, 4) is 11.1 Å². The van der Waals surface area contributed by atoms with Gasteiger partial charge in [-0.05, 0) is 23.8 Å². The second-order valence-electron chi connectivity index (χ2n) is 3.34. The Morgan fingerprint density at radius 2 is 2.00 bits per heavy atom. The molecule has 3 nitrogen and oxygen atoms in total. The summed E-state index contributed by atoms with van der Waals surface area (Å²) in [6, 6.07) is 8.34. The fourth-order valence-corrected chi connectivity index (χ4v) is 1.85. The van der Waals surface area contributed by atoms with E-state index in [1.165, 1.54) is 12.3 Å². The van der Waals surface area contributed by atoms with Crippen LogP contribution in [0.15, 0.2) is 36.5 Å².